The van der Waals surface area contributed by atoms with Crippen LogP contribution in [0.3, 0.4) is 0 Å². The molecule has 0 aliphatic carbocycles. The van der Waals surface area contributed by atoms with Crippen LogP contribution in [0.1, 0.15) is 10.4 Å². The molecular formula is C18H12ClN3O2. The van der Waals surface area contributed by atoms with E-state index >= 15 is 0 Å². The van der Waals surface area contributed by atoms with E-state index in [-0.39, 0.29) is 5.28 Å². The minimum atomic E-state index is -0.414. The number of ether oxygens (including phenoxy) is 1. The molecule has 2 aromatic heterocycles. The minimum Gasteiger partial charge on any atom is -0.465 e. The van der Waals surface area contributed by atoms with Crippen LogP contribution in [0.15, 0.2) is 54.7 Å². The van der Waals surface area contributed by atoms with Gasteiger partial charge in [-0.3, -0.25) is 4.40 Å². The quantitative estimate of drug-likeness (QED) is 0.410. The molecule has 6 heteroatoms. The molecule has 2 aromatic carbocycles. The van der Waals surface area contributed by atoms with E-state index in [4.69, 9.17) is 16.3 Å². The maximum atomic E-state index is 11.7. The summed E-state index contributed by atoms with van der Waals surface area (Å²) in [6.07, 6.45) is 1.85. The molecule has 0 saturated heterocycles. The Labute approximate surface area is 142 Å². The highest BCUT2D eigenvalue weighted by Gasteiger charge is 2.14. The Morgan fingerprint density at radius 1 is 1.12 bits per heavy atom. The van der Waals surface area contributed by atoms with Gasteiger partial charge in [-0.15, -0.1) is 0 Å². The van der Waals surface area contributed by atoms with Crippen LogP contribution in [-0.2, 0) is 4.74 Å². The molecule has 0 saturated carbocycles. The second kappa shape index (κ2) is 5.62. The average Bonchev–Trinajstić information content (AvgIpc) is 3.07. The molecule has 0 unspecified atom stereocenters. The van der Waals surface area contributed by atoms with Crippen LogP contribution in [0, 0.1) is 0 Å². The van der Waals surface area contributed by atoms with Crippen molar-refractivity contribution in [3.05, 3.63) is 65.6 Å². The van der Waals surface area contributed by atoms with Crippen molar-refractivity contribution in [1.29, 1.82) is 0 Å². The van der Waals surface area contributed by atoms with Crippen molar-refractivity contribution in [2.75, 3.05) is 7.11 Å². The number of methoxy groups -OCH3 is 1. The van der Waals surface area contributed by atoms with Gasteiger partial charge in [0.15, 0.2) is 0 Å². The largest absolute Gasteiger partial charge is 0.465 e. The Balaban J connectivity index is 1.97. The lowest BCUT2D eigenvalue weighted by Crippen LogP contribution is -2.01. The highest BCUT2D eigenvalue weighted by atomic mass is 35.5. The lowest BCUT2D eigenvalue weighted by atomic mass is 10.1. The van der Waals surface area contributed by atoms with Gasteiger partial charge in [0.2, 0.25) is 5.28 Å². The van der Waals surface area contributed by atoms with Crippen LogP contribution in [-0.4, -0.2) is 27.4 Å². The predicted octanol–water partition coefficient (Wildman–Crippen LogP) is 3.99. The number of fused-ring (bicyclic) bond motifs is 3. The molecule has 0 aliphatic rings. The number of aromatic nitrogens is 3. The lowest BCUT2D eigenvalue weighted by molar-refractivity contribution is 0.0601. The Bertz CT molecular complexity index is 1070. The predicted molar refractivity (Wildman–Crippen MR) is 92.3 cm³/mol. The second-order valence-electron chi connectivity index (χ2n) is 5.29. The number of rotatable bonds is 2. The van der Waals surface area contributed by atoms with Gasteiger partial charge in [-0.25, -0.2) is 14.8 Å². The standard InChI is InChI=1S/C18H12ClN3O2/c1-24-17(23)12-7-8-13-14(9-12)21-18(19)22-10-15(20-16(13)22)11-5-3-2-4-6-11/h2-10H,1H3. The fraction of sp³-hybridized carbons (Fsp3) is 0.0556. The number of benzene rings is 2. The van der Waals surface area contributed by atoms with E-state index in [0.717, 1.165) is 16.6 Å². The highest BCUT2D eigenvalue weighted by molar-refractivity contribution is 6.29. The van der Waals surface area contributed by atoms with Crippen LogP contribution in [0.4, 0.5) is 0 Å². The van der Waals surface area contributed by atoms with Crippen LogP contribution in [0.2, 0.25) is 5.28 Å². The molecule has 0 atom stereocenters. The average molecular weight is 338 g/mol. The molecule has 4 rings (SSSR count). The molecule has 2 heterocycles. The molecule has 24 heavy (non-hydrogen) atoms. The number of carbonyl (C=O) groups excluding carboxylic acids is 1. The molecule has 0 radical (unpaired) electrons. The van der Waals surface area contributed by atoms with E-state index in [0.29, 0.717) is 16.7 Å². The number of nitrogens with zero attached hydrogens (tertiary/aromatic N) is 3. The summed E-state index contributed by atoms with van der Waals surface area (Å²) in [6, 6.07) is 15.0. The Hall–Kier alpha value is -2.92. The van der Waals surface area contributed by atoms with Crippen LogP contribution in [0.5, 0.6) is 0 Å². The molecule has 0 aliphatic heterocycles. The fourth-order valence-electron chi connectivity index (χ4n) is 2.67. The van der Waals surface area contributed by atoms with Crippen LogP contribution in [0.25, 0.3) is 27.8 Å². The molecule has 0 amide bonds. The molecule has 0 bridgehead atoms. The number of carbonyl (C=O) groups is 1. The fourth-order valence-corrected chi connectivity index (χ4v) is 2.89. The monoisotopic (exact) mass is 337 g/mol. The van der Waals surface area contributed by atoms with Gasteiger partial charge in [-0.1, -0.05) is 30.3 Å². The van der Waals surface area contributed by atoms with Crippen molar-refractivity contribution >= 4 is 34.1 Å². The summed E-state index contributed by atoms with van der Waals surface area (Å²) in [5.74, 6) is -0.414. The van der Waals surface area contributed by atoms with E-state index in [2.05, 4.69) is 9.97 Å². The smallest absolute Gasteiger partial charge is 0.337 e. The summed E-state index contributed by atoms with van der Waals surface area (Å²) >= 11 is 6.30. The summed E-state index contributed by atoms with van der Waals surface area (Å²) < 4.78 is 6.48. The first-order valence-corrected chi connectivity index (χ1v) is 7.67. The van der Waals surface area contributed by atoms with Crippen molar-refractivity contribution in [3.63, 3.8) is 0 Å². The maximum absolute atomic E-state index is 11.7. The van der Waals surface area contributed by atoms with Gasteiger partial charge in [0.25, 0.3) is 0 Å². The van der Waals surface area contributed by atoms with Gasteiger partial charge in [0.05, 0.1) is 23.9 Å². The van der Waals surface area contributed by atoms with Gasteiger partial charge < -0.3 is 4.74 Å². The zero-order valence-corrected chi connectivity index (χ0v) is 13.5. The van der Waals surface area contributed by atoms with Gasteiger partial charge >= 0.3 is 5.97 Å². The Morgan fingerprint density at radius 3 is 2.67 bits per heavy atom. The normalized spacial score (nSPS) is 11.1. The van der Waals surface area contributed by atoms with Crippen molar-refractivity contribution in [1.82, 2.24) is 14.4 Å². The number of hydrogen-bond donors (Lipinski definition) is 0. The second-order valence-corrected chi connectivity index (χ2v) is 5.63. The van der Waals surface area contributed by atoms with E-state index in [9.17, 15) is 4.79 Å². The summed E-state index contributed by atoms with van der Waals surface area (Å²) in [5, 5.41) is 1.10. The van der Waals surface area contributed by atoms with Crippen LogP contribution < -0.4 is 0 Å². The lowest BCUT2D eigenvalue weighted by Gasteiger charge is -2.04. The summed E-state index contributed by atoms with van der Waals surface area (Å²) in [6.45, 7) is 0. The summed E-state index contributed by atoms with van der Waals surface area (Å²) in [7, 11) is 1.34. The van der Waals surface area contributed by atoms with Gasteiger partial charge in [-0.05, 0) is 29.8 Å². The third kappa shape index (κ3) is 2.30. The first kappa shape index (κ1) is 14.7. The molecule has 0 N–H and O–H groups in total. The van der Waals surface area contributed by atoms with E-state index in [1.165, 1.54) is 7.11 Å². The zero-order valence-electron chi connectivity index (χ0n) is 12.7. The van der Waals surface area contributed by atoms with Crippen molar-refractivity contribution in [2.45, 2.75) is 0 Å². The van der Waals surface area contributed by atoms with Crippen molar-refractivity contribution in [2.24, 2.45) is 0 Å². The zero-order chi connectivity index (χ0) is 16.7. The highest BCUT2D eigenvalue weighted by Crippen LogP contribution is 2.27. The molecular weight excluding hydrogens is 326 g/mol. The topological polar surface area (TPSA) is 56.5 Å². The SMILES string of the molecule is COC(=O)c1ccc2c(c1)nc(Cl)n1cc(-c3ccccc3)nc21. The van der Waals surface area contributed by atoms with Crippen molar-refractivity contribution < 1.29 is 9.53 Å². The molecule has 0 spiro atoms. The number of imidazole rings is 1. The molecule has 0 fully saturated rings. The van der Waals surface area contributed by atoms with E-state index in [1.807, 2.05) is 42.6 Å². The number of hydrogen-bond acceptors (Lipinski definition) is 4. The molecule has 4 aromatic rings. The number of esters is 1. The molecule has 118 valence electrons. The minimum absolute atomic E-state index is 0.286. The molecule has 5 nitrogen and oxygen atoms in total. The number of halogens is 1. The van der Waals surface area contributed by atoms with E-state index in [1.54, 1.807) is 16.5 Å². The first-order valence-electron chi connectivity index (χ1n) is 7.29. The maximum Gasteiger partial charge on any atom is 0.337 e. The third-order valence-electron chi connectivity index (χ3n) is 3.85. The Morgan fingerprint density at radius 2 is 1.92 bits per heavy atom. The van der Waals surface area contributed by atoms with Gasteiger partial charge in [-0.2, -0.15) is 0 Å². The first-order chi connectivity index (χ1) is 11.7. The summed E-state index contributed by atoms with van der Waals surface area (Å²) in [5.41, 5.74) is 3.52. The van der Waals surface area contributed by atoms with E-state index < -0.39 is 5.97 Å². The third-order valence-corrected chi connectivity index (χ3v) is 4.11. The Kier molecular flexibility index (Phi) is 3.43. The van der Waals surface area contributed by atoms with Crippen LogP contribution >= 0.6 is 11.6 Å². The summed E-state index contributed by atoms with van der Waals surface area (Å²) in [4.78, 5) is 20.7. The van der Waals surface area contributed by atoms with Gasteiger partial charge in [0.1, 0.15) is 5.65 Å². The van der Waals surface area contributed by atoms with Gasteiger partial charge in [0, 0.05) is 17.1 Å². The van der Waals surface area contributed by atoms with Crippen molar-refractivity contribution in [3.8, 4) is 11.3 Å².